The molecule has 2 aliphatic carbocycles. The molecule has 0 amide bonds. The van der Waals surface area contributed by atoms with Gasteiger partial charge in [0.25, 0.3) is 0 Å². The molecule has 0 radical (unpaired) electrons. The Morgan fingerprint density at radius 3 is 1.71 bits per heavy atom. The lowest BCUT2D eigenvalue weighted by Crippen LogP contribution is -2.39. The zero-order chi connectivity index (χ0) is 11.8. The molecular formula is C14H19BO2. The minimum Gasteiger partial charge on any atom is -0.423 e. The third-order valence-electron chi connectivity index (χ3n) is 4.28. The number of fused-ring (bicyclic) bond motifs is 2. The minimum atomic E-state index is -1.28. The Kier molecular flexibility index (Phi) is 2.97. The number of hydrogen-bond acceptors (Lipinski definition) is 2. The Balaban J connectivity index is 2.19. The second-order valence-electron chi connectivity index (χ2n) is 5.35. The topological polar surface area (TPSA) is 40.5 Å². The second kappa shape index (κ2) is 4.47. The van der Waals surface area contributed by atoms with Crippen LogP contribution in [-0.2, 0) is 25.7 Å². The molecule has 90 valence electrons. The molecule has 0 heterocycles. The first kappa shape index (κ1) is 11.3. The fraction of sp³-hybridized carbons (Fsp3) is 0.571. The van der Waals surface area contributed by atoms with Gasteiger partial charge in [-0.25, -0.2) is 0 Å². The van der Waals surface area contributed by atoms with Crippen molar-refractivity contribution in [2.75, 3.05) is 0 Å². The number of aryl methyl sites for hydroxylation is 2. The molecule has 0 unspecified atom stereocenters. The van der Waals surface area contributed by atoms with Gasteiger partial charge in [0, 0.05) is 0 Å². The summed E-state index contributed by atoms with van der Waals surface area (Å²) in [7, 11) is -1.28. The molecular weight excluding hydrogens is 211 g/mol. The molecule has 1 aromatic carbocycles. The van der Waals surface area contributed by atoms with E-state index < -0.39 is 7.12 Å². The van der Waals surface area contributed by atoms with Crippen molar-refractivity contribution >= 4 is 12.6 Å². The maximum Gasteiger partial charge on any atom is 0.489 e. The number of rotatable bonds is 1. The average molecular weight is 230 g/mol. The van der Waals surface area contributed by atoms with Crippen molar-refractivity contribution in [3.05, 3.63) is 28.3 Å². The molecule has 0 fully saturated rings. The molecule has 0 aliphatic heterocycles. The molecule has 3 rings (SSSR count). The molecule has 0 saturated carbocycles. The maximum absolute atomic E-state index is 9.69. The van der Waals surface area contributed by atoms with Gasteiger partial charge < -0.3 is 10.0 Å². The van der Waals surface area contributed by atoms with E-state index in [1.165, 1.54) is 47.9 Å². The number of hydrogen-bond donors (Lipinski definition) is 2. The lowest BCUT2D eigenvalue weighted by atomic mass is 9.66. The number of benzene rings is 1. The Bertz CT molecular complexity index is 406. The minimum absolute atomic E-state index is 0.858. The van der Waals surface area contributed by atoms with E-state index in [1.54, 1.807) is 0 Å². The molecule has 0 bridgehead atoms. The van der Waals surface area contributed by atoms with Gasteiger partial charge in [-0.2, -0.15) is 0 Å². The van der Waals surface area contributed by atoms with Crippen LogP contribution in [0.5, 0.6) is 0 Å². The van der Waals surface area contributed by atoms with E-state index in [-0.39, 0.29) is 0 Å². The Labute approximate surface area is 103 Å². The van der Waals surface area contributed by atoms with E-state index >= 15 is 0 Å². The first-order valence-electron chi connectivity index (χ1n) is 6.80. The van der Waals surface area contributed by atoms with Gasteiger partial charge in [0.05, 0.1) is 0 Å². The highest BCUT2D eigenvalue weighted by molar-refractivity contribution is 6.60. The van der Waals surface area contributed by atoms with E-state index in [0.717, 1.165) is 31.1 Å². The molecule has 0 aromatic heterocycles. The zero-order valence-electron chi connectivity index (χ0n) is 10.2. The molecule has 0 saturated heterocycles. The largest absolute Gasteiger partial charge is 0.489 e. The highest BCUT2D eigenvalue weighted by atomic mass is 16.4. The summed E-state index contributed by atoms with van der Waals surface area (Å²) in [6.07, 6.45) is 9.13. The normalized spacial score (nSPS) is 18.5. The average Bonchev–Trinajstić information content (AvgIpc) is 2.35. The van der Waals surface area contributed by atoms with Crippen LogP contribution in [0.15, 0.2) is 6.07 Å². The molecule has 0 atom stereocenters. The van der Waals surface area contributed by atoms with Crippen LogP contribution >= 0.6 is 0 Å². The molecule has 1 aromatic rings. The fourth-order valence-electron chi connectivity index (χ4n) is 3.50. The van der Waals surface area contributed by atoms with Crippen molar-refractivity contribution in [1.82, 2.24) is 0 Å². The van der Waals surface area contributed by atoms with Gasteiger partial charge in [-0.3, -0.25) is 0 Å². The molecule has 2 nitrogen and oxygen atoms in total. The molecule has 2 N–H and O–H groups in total. The molecule has 17 heavy (non-hydrogen) atoms. The van der Waals surface area contributed by atoms with Crippen molar-refractivity contribution in [2.24, 2.45) is 0 Å². The van der Waals surface area contributed by atoms with Crippen LogP contribution in [-0.4, -0.2) is 17.2 Å². The smallest absolute Gasteiger partial charge is 0.423 e. The third-order valence-corrected chi connectivity index (χ3v) is 4.28. The van der Waals surface area contributed by atoms with Gasteiger partial charge in [-0.05, 0) is 79.1 Å². The van der Waals surface area contributed by atoms with E-state index in [0.29, 0.717) is 0 Å². The van der Waals surface area contributed by atoms with Crippen LogP contribution in [0.2, 0.25) is 0 Å². The van der Waals surface area contributed by atoms with Gasteiger partial charge in [0.2, 0.25) is 0 Å². The fourth-order valence-corrected chi connectivity index (χ4v) is 3.50. The molecule has 3 heteroatoms. The monoisotopic (exact) mass is 230 g/mol. The first-order chi connectivity index (χ1) is 8.27. The van der Waals surface area contributed by atoms with Crippen LogP contribution < -0.4 is 5.46 Å². The van der Waals surface area contributed by atoms with E-state index in [2.05, 4.69) is 6.07 Å². The maximum atomic E-state index is 9.69. The lowest BCUT2D eigenvalue weighted by Gasteiger charge is -2.27. The summed E-state index contributed by atoms with van der Waals surface area (Å²) in [5.74, 6) is 0. The SMILES string of the molecule is OB(O)c1c2c(cc3c1CCCC3)CCCC2. The molecule has 2 aliphatic rings. The standard InChI is InChI=1S/C14H19BO2/c16-15(17)14-12-7-3-1-5-10(12)9-11-6-2-4-8-13(11)14/h9,16-17H,1-8H2. The summed E-state index contributed by atoms with van der Waals surface area (Å²) in [4.78, 5) is 0. The van der Waals surface area contributed by atoms with E-state index in [1.807, 2.05) is 0 Å². The van der Waals surface area contributed by atoms with Crippen molar-refractivity contribution in [2.45, 2.75) is 51.4 Å². The van der Waals surface area contributed by atoms with Crippen LogP contribution in [0.3, 0.4) is 0 Å². The highest BCUT2D eigenvalue weighted by Gasteiger charge is 2.27. The van der Waals surface area contributed by atoms with Gasteiger partial charge in [0.15, 0.2) is 0 Å². The van der Waals surface area contributed by atoms with E-state index in [4.69, 9.17) is 0 Å². The molecule has 0 spiro atoms. The highest BCUT2D eigenvalue weighted by Crippen LogP contribution is 2.28. The summed E-state index contributed by atoms with van der Waals surface area (Å²) in [6.45, 7) is 0. The van der Waals surface area contributed by atoms with Crippen LogP contribution in [0, 0.1) is 0 Å². The van der Waals surface area contributed by atoms with Crippen LogP contribution in [0.25, 0.3) is 0 Å². The third kappa shape index (κ3) is 1.92. The second-order valence-corrected chi connectivity index (χ2v) is 5.35. The summed E-state index contributed by atoms with van der Waals surface area (Å²) in [5.41, 5.74) is 6.09. The van der Waals surface area contributed by atoms with Crippen LogP contribution in [0.1, 0.15) is 47.9 Å². The van der Waals surface area contributed by atoms with Gasteiger partial charge in [-0.1, -0.05) is 6.07 Å². The van der Waals surface area contributed by atoms with Crippen LogP contribution in [0.4, 0.5) is 0 Å². The quantitative estimate of drug-likeness (QED) is 0.710. The summed E-state index contributed by atoms with van der Waals surface area (Å²) < 4.78 is 0. The summed E-state index contributed by atoms with van der Waals surface area (Å²) in [6, 6.07) is 2.34. The zero-order valence-corrected chi connectivity index (χ0v) is 10.2. The Morgan fingerprint density at radius 2 is 1.24 bits per heavy atom. The van der Waals surface area contributed by atoms with Gasteiger partial charge in [0.1, 0.15) is 0 Å². The Hall–Kier alpha value is -0.795. The Morgan fingerprint density at radius 1 is 0.765 bits per heavy atom. The van der Waals surface area contributed by atoms with Crippen molar-refractivity contribution in [3.63, 3.8) is 0 Å². The predicted molar refractivity (Wildman–Crippen MR) is 69.6 cm³/mol. The van der Waals surface area contributed by atoms with Crippen molar-refractivity contribution in [3.8, 4) is 0 Å². The van der Waals surface area contributed by atoms with E-state index in [9.17, 15) is 10.0 Å². The van der Waals surface area contributed by atoms with Gasteiger partial charge >= 0.3 is 7.12 Å². The van der Waals surface area contributed by atoms with Crippen molar-refractivity contribution in [1.29, 1.82) is 0 Å². The lowest BCUT2D eigenvalue weighted by molar-refractivity contribution is 0.424. The summed E-state index contributed by atoms with van der Waals surface area (Å²) in [5, 5.41) is 19.4. The van der Waals surface area contributed by atoms with Gasteiger partial charge in [-0.15, -0.1) is 0 Å². The van der Waals surface area contributed by atoms with Crippen molar-refractivity contribution < 1.29 is 10.0 Å². The summed E-state index contributed by atoms with van der Waals surface area (Å²) >= 11 is 0. The first-order valence-corrected chi connectivity index (χ1v) is 6.80. The predicted octanol–water partition coefficient (Wildman–Crippen LogP) is 1.12.